The number of thioether (sulfide) groups is 1. The van der Waals surface area contributed by atoms with Gasteiger partial charge in [0.25, 0.3) is 11.1 Å². The van der Waals surface area contributed by atoms with E-state index in [0.717, 1.165) is 16.7 Å². The molecule has 0 atom stereocenters. The van der Waals surface area contributed by atoms with Crippen molar-refractivity contribution in [1.82, 2.24) is 4.90 Å². The van der Waals surface area contributed by atoms with Crippen LogP contribution in [0.25, 0.3) is 6.08 Å². The molecule has 0 N–H and O–H groups in total. The van der Waals surface area contributed by atoms with Gasteiger partial charge < -0.3 is 9.47 Å². The average Bonchev–Trinajstić information content (AvgIpc) is 2.95. The number of hydrogen-bond acceptors (Lipinski definition) is 5. The predicted octanol–water partition coefficient (Wildman–Crippen LogP) is 4.08. The van der Waals surface area contributed by atoms with Crippen molar-refractivity contribution in [2.75, 3.05) is 13.7 Å². The molecule has 2 amide bonds. The lowest BCUT2D eigenvalue weighted by Crippen LogP contribution is -2.27. The second kappa shape index (κ2) is 8.63. The Morgan fingerprint density at radius 3 is 2.61 bits per heavy atom. The maximum Gasteiger partial charge on any atom is 0.293 e. The molecule has 0 aromatic heterocycles. The van der Waals surface area contributed by atoms with Crippen LogP contribution in [-0.4, -0.2) is 29.8 Å². The smallest absolute Gasteiger partial charge is 0.293 e. The lowest BCUT2D eigenvalue weighted by Gasteiger charge is -2.12. The predicted molar refractivity (Wildman–Crippen MR) is 105 cm³/mol. The number of amides is 2. The lowest BCUT2D eigenvalue weighted by molar-refractivity contribution is -0.123. The van der Waals surface area contributed by atoms with Crippen LogP contribution >= 0.6 is 11.8 Å². The Morgan fingerprint density at radius 2 is 1.93 bits per heavy atom. The Bertz CT molecular complexity index is 979. The normalized spacial score (nSPS) is 15.0. The second-order valence-electron chi connectivity index (χ2n) is 5.80. The van der Waals surface area contributed by atoms with Gasteiger partial charge >= 0.3 is 0 Å². The maximum absolute atomic E-state index is 13.0. The highest BCUT2D eigenvalue weighted by Gasteiger charge is 2.35. The van der Waals surface area contributed by atoms with E-state index in [9.17, 15) is 14.0 Å². The zero-order valence-electron chi connectivity index (χ0n) is 15.0. The van der Waals surface area contributed by atoms with Gasteiger partial charge in [-0.15, -0.1) is 6.42 Å². The molecule has 1 fully saturated rings. The minimum Gasteiger partial charge on any atom is -0.493 e. The summed E-state index contributed by atoms with van der Waals surface area (Å²) >= 11 is 0.856. The molecule has 1 heterocycles. The molecule has 0 aliphatic carbocycles. The number of hydrogen-bond donors (Lipinski definition) is 0. The van der Waals surface area contributed by atoms with E-state index in [1.807, 2.05) is 0 Å². The van der Waals surface area contributed by atoms with Crippen molar-refractivity contribution in [3.63, 3.8) is 0 Å². The number of carbonyl (C=O) groups is 2. The third-order valence-electron chi connectivity index (χ3n) is 3.92. The Kier molecular flexibility index (Phi) is 6.02. The Balaban J connectivity index is 1.79. The first-order chi connectivity index (χ1) is 13.5. The van der Waals surface area contributed by atoms with Crippen molar-refractivity contribution in [1.29, 1.82) is 0 Å². The summed E-state index contributed by atoms with van der Waals surface area (Å²) in [5.74, 6) is 2.56. The summed E-state index contributed by atoms with van der Waals surface area (Å²) in [4.78, 5) is 26.3. The van der Waals surface area contributed by atoms with Crippen LogP contribution in [0.5, 0.6) is 11.5 Å². The summed E-state index contributed by atoms with van der Waals surface area (Å²) in [6.45, 7) is 0.197. The molecule has 0 bridgehead atoms. The van der Waals surface area contributed by atoms with Gasteiger partial charge in [-0.3, -0.25) is 14.5 Å². The fraction of sp³-hybridized carbons (Fsp3) is 0.143. The first-order valence-electron chi connectivity index (χ1n) is 8.26. The fourth-order valence-corrected chi connectivity index (χ4v) is 3.41. The van der Waals surface area contributed by atoms with Crippen LogP contribution in [0.3, 0.4) is 0 Å². The summed E-state index contributed by atoms with van der Waals surface area (Å²) < 4.78 is 23.7. The number of halogens is 1. The quantitative estimate of drug-likeness (QED) is 0.543. The number of imide groups is 1. The molecule has 2 aromatic rings. The van der Waals surface area contributed by atoms with Crippen LogP contribution in [0.1, 0.15) is 11.1 Å². The average molecular weight is 397 g/mol. The van der Waals surface area contributed by atoms with Crippen molar-refractivity contribution in [3.05, 3.63) is 64.3 Å². The van der Waals surface area contributed by atoms with Gasteiger partial charge in [0.2, 0.25) is 0 Å². The van der Waals surface area contributed by atoms with E-state index in [0.29, 0.717) is 27.5 Å². The summed E-state index contributed by atoms with van der Waals surface area (Å²) in [5, 5.41) is -0.374. The van der Waals surface area contributed by atoms with Crippen molar-refractivity contribution in [2.45, 2.75) is 6.54 Å². The minimum absolute atomic E-state index is 0.0878. The van der Waals surface area contributed by atoms with Crippen LogP contribution in [0.2, 0.25) is 0 Å². The van der Waals surface area contributed by atoms with E-state index in [1.54, 1.807) is 36.4 Å². The zero-order valence-corrected chi connectivity index (χ0v) is 15.8. The molecule has 1 saturated heterocycles. The third-order valence-corrected chi connectivity index (χ3v) is 4.83. The molecule has 1 aliphatic rings. The zero-order chi connectivity index (χ0) is 20.1. The van der Waals surface area contributed by atoms with Crippen molar-refractivity contribution < 1.29 is 23.5 Å². The number of rotatable bonds is 6. The van der Waals surface area contributed by atoms with Crippen LogP contribution in [0.4, 0.5) is 9.18 Å². The van der Waals surface area contributed by atoms with E-state index in [4.69, 9.17) is 15.9 Å². The molecule has 3 rings (SSSR count). The van der Waals surface area contributed by atoms with Gasteiger partial charge in [-0.1, -0.05) is 24.1 Å². The Morgan fingerprint density at radius 1 is 1.18 bits per heavy atom. The third kappa shape index (κ3) is 4.35. The van der Waals surface area contributed by atoms with E-state index in [-0.39, 0.29) is 24.2 Å². The summed E-state index contributed by atoms with van der Waals surface area (Å²) in [6.07, 6.45) is 6.80. The SMILES string of the molecule is C#CCOc1ccc(C=C2SC(=O)N(Cc3ccc(F)cc3)C2=O)cc1OC. The Labute approximate surface area is 166 Å². The molecular formula is C21H16FNO4S. The van der Waals surface area contributed by atoms with Crippen LogP contribution in [0, 0.1) is 18.2 Å². The number of terminal acetylenes is 1. The van der Waals surface area contributed by atoms with Crippen molar-refractivity contribution >= 4 is 29.0 Å². The monoisotopic (exact) mass is 397 g/mol. The highest BCUT2D eigenvalue weighted by Crippen LogP contribution is 2.35. The topological polar surface area (TPSA) is 55.8 Å². The summed E-state index contributed by atoms with van der Waals surface area (Å²) in [7, 11) is 1.50. The molecule has 7 heteroatoms. The van der Waals surface area contributed by atoms with Gasteiger partial charge in [0, 0.05) is 0 Å². The van der Waals surface area contributed by atoms with Gasteiger partial charge in [-0.2, -0.15) is 0 Å². The molecule has 0 unspecified atom stereocenters. The standard InChI is InChI=1S/C21H16FNO4S/c1-3-10-27-17-9-6-15(11-18(17)26-2)12-19-20(24)23(21(25)28-19)13-14-4-7-16(22)8-5-14/h1,4-9,11-12H,10,13H2,2H3. The minimum atomic E-state index is -0.397. The first kappa shape index (κ1) is 19.5. The van der Waals surface area contributed by atoms with Gasteiger partial charge in [-0.05, 0) is 53.2 Å². The number of nitrogens with zero attached hydrogens (tertiary/aromatic N) is 1. The molecule has 0 radical (unpaired) electrons. The van der Waals surface area contributed by atoms with Crippen LogP contribution < -0.4 is 9.47 Å². The lowest BCUT2D eigenvalue weighted by atomic mass is 10.1. The van der Waals surface area contributed by atoms with E-state index in [2.05, 4.69) is 5.92 Å². The largest absolute Gasteiger partial charge is 0.493 e. The summed E-state index contributed by atoms with van der Waals surface area (Å²) in [6, 6.07) is 10.8. The highest BCUT2D eigenvalue weighted by molar-refractivity contribution is 8.18. The molecule has 2 aromatic carbocycles. The van der Waals surface area contributed by atoms with E-state index in [1.165, 1.54) is 19.2 Å². The highest BCUT2D eigenvalue weighted by atomic mass is 32.2. The van der Waals surface area contributed by atoms with Crippen LogP contribution in [-0.2, 0) is 11.3 Å². The van der Waals surface area contributed by atoms with Gasteiger partial charge in [-0.25, -0.2) is 4.39 Å². The number of ether oxygens (including phenoxy) is 2. The van der Waals surface area contributed by atoms with Crippen LogP contribution in [0.15, 0.2) is 47.4 Å². The van der Waals surface area contributed by atoms with E-state index < -0.39 is 5.91 Å². The number of benzene rings is 2. The fourth-order valence-electron chi connectivity index (χ4n) is 2.57. The molecule has 1 aliphatic heterocycles. The molecule has 0 saturated carbocycles. The first-order valence-corrected chi connectivity index (χ1v) is 9.07. The van der Waals surface area contributed by atoms with Gasteiger partial charge in [0.15, 0.2) is 11.5 Å². The van der Waals surface area contributed by atoms with Gasteiger partial charge in [0.05, 0.1) is 18.6 Å². The molecule has 142 valence electrons. The summed E-state index contributed by atoms with van der Waals surface area (Å²) in [5.41, 5.74) is 1.35. The van der Waals surface area contributed by atoms with E-state index >= 15 is 0 Å². The number of carbonyl (C=O) groups excluding carboxylic acids is 2. The van der Waals surface area contributed by atoms with Crippen molar-refractivity contribution in [2.24, 2.45) is 0 Å². The number of methoxy groups -OCH3 is 1. The van der Waals surface area contributed by atoms with Crippen molar-refractivity contribution in [3.8, 4) is 23.8 Å². The Hall–Kier alpha value is -3.24. The molecule has 28 heavy (non-hydrogen) atoms. The second-order valence-corrected chi connectivity index (χ2v) is 6.79. The maximum atomic E-state index is 13.0. The molecule has 0 spiro atoms. The molecular weight excluding hydrogens is 381 g/mol. The van der Waals surface area contributed by atoms with Gasteiger partial charge in [0.1, 0.15) is 12.4 Å². The molecule has 5 nitrogen and oxygen atoms in total.